The smallest absolute Gasteiger partial charge is 0.429 e. The number of rotatable bonds is 8. The van der Waals surface area contributed by atoms with E-state index in [1.165, 1.54) is 13.2 Å². The number of hydrogen-bond acceptors (Lipinski definition) is 3. The molecule has 1 atom stereocenters. The van der Waals surface area contributed by atoms with Crippen molar-refractivity contribution in [1.82, 2.24) is 0 Å². The fourth-order valence-electron chi connectivity index (χ4n) is 3.45. The zero-order chi connectivity index (χ0) is 23.5. The third-order valence-electron chi connectivity index (χ3n) is 5.02. The van der Waals surface area contributed by atoms with Crippen LogP contribution < -0.4 is 9.47 Å². The average Bonchev–Trinajstić information content (AvgIpc) is 2.76. The van der Waals surface area contributed by atoms with Crippen LogP contribution in [0.5, 0.6) is 11.5 Å². The molecule has 0 radical (unpaired) electrons. The minimum atomic E-state index is -4.48. The Morgan fingerprint density at radius 1 is 0.938 bits per heavy atom. The second-order valence-electron chi connectivity index (χ2n) is 7.26. The summed E-state index contributed by atoms with van der Waals surface area (Å²) in [7, 11) is 0. The molecule has 1 unspecified atom stereocenters. The van der Waals surface area contributed by atoms with E-state index in [0.717, 1.165) is 36.6 Å². The van der Waals surface area contributed by atoms with Crippen LogP contribution >= 0.6 is 0 Å². The molecular formula is C23H22F6O3. The van der Waals surface area contributed by atoms with E-state index in [-0.39, 0.29) is 12.2 Å². The summed E-state index contributed by atoms with van der Waals surface area (Å²) in [6, 6.07) is 3.23. The Labute approximate surface area is 181 Å². The quantitative estimate of drug-likeness (QED) is 0.387. The van der Waals surface area contributed by atoms with Crippen molar-refractivity contribution in [3.05, 3.63) is 70.5 Å². The minimum Gasteiger partial charge on any atom is -0.493 e. The molecule has 32 heavy (non-hydrogen) atoms. The molecule has 1 heterocycles. The number of benzene rings is 2. The predicted octanol–water partition coefficient (Wildman–Crippen LogP) is 7.31. The number of halogens is 6. The van der Waals surface area contributed by atoms with Gasteiger partial charge in [0, 0.05) is 5.56 Å². The van der Waals surface area contributed by atoms with Gasteiger partial charge in [-0.15, -0.1) is 0 Å². The van der Waals surface area contributed by atoms with Crippen LogP contribution in [0.25, 0.3) is 0 Å². The molecule has 0 aromatic heterocycles. The fraction of sp³-hybridized carbons (Fsp3) is 0.391. The van der Waals surface area contributed by atoms with E-state index in [1.54, 1.807) is 0 Å². The van der Waals surface area contributed by atoms with Crippen molar-refractivity contribution in [1.29, 1.82) is 0 Å². The molecule has 2 aromatic carbocycles. The zero-order valence-electron chi connectivity index (χ0n) is 17.5. The van der Waals surface area contributed by atoms with E-state index in [2.05, 4.69) is 4.74 Å². The molecule has 0 N–H and O–H groups in total. The van der Waals surface area contributed by atoms with Crippen LogP contribution in [0.15, 0.2) is 36.1 Å². The molecule has 9 heteroatoms. The van der Waals surface area contributed by atoms with Crippen LogP contribution in [0.1, 0.15) is 56.8 Å². The number of allylic oxidation sites excluding steroid dienone is 1. The molecule has 2 aromatic rings. The molecule has 0 saturated heterocycles. The normalized spacial score (nSPS) is 16.4. The second-order valence-corrected chi connectivity index (χ2v) is 7.26. The van der Waals surface area contributed by atoms with Crippen molar-refractivity contribution in [3.63, 3.8) is 0 Å². The summed E-state index contributed by atoms with van der Waals surface area (Å²) in [5, 5.41) is 0. The van der Waals surface area contributed by atoms with Crippen molar-refractivity contribution < 1.29 is 40.6 Å². The first-order valence-electron chi connectivity index (χ1n) is 10.2. The maximum absolute atomic E-state index is 14.6. The molecule has 0 bridgehead atoms. The third kappa shape index (κ3) is 4.81. The second kappa shape index (κ2) is 9.75. The van der Waals surface area contributed by atoms with Gasteiger partial charge in [-0.2, -0.15) is 17.6 Å². The Hall–Kier alpha value is -2.84. The monoisotopic (exact) mass is 460 g/mol. The molecule has 0 saturated carbocycles. The lowest BCUT2D eigenvalue weighted by molar-refractivity contribution is -0.189. The third-order valence-corrected chi connectivity index (χ3v) is 5.02. The SMILES string of the molecule is CCCC1=COC(c2ccc(C(F)(F)Oc3ccc(OCC)c(F)c3F)c(F)c2F)CC1. The first-order valence-corrected chi connectivity index (χ1v) is 10.2. The molecule has 0 fully saturated rings. The van der Waals surface area contributed by atoms with Crippen molar-refractivity contribution in [2.45, 2.75) is 51.7 Å². The van der Waals surface area contributed by atoms with E-state index >= 15 is 0 Å². The van der Waals surface area contributed by atoms with Gasteiger partial charge < -0.3 is 14.2 Å². The molecule has 0 spiro atoms. The zero-order valence-corrected chi connectivity index (χ0v) is 17.5. The van der Waals surface area contributed by atoms with Crippen LogP contribution in [-0.4, -0.2) is 6.61 Å². The molecule has 1 aliphatic rings. The van der Waals surface area contributed by atoms with E-state index in [4.69, 9.17) is 9.47 Å². The minimum absolute atomic E-state index is 0.0178. The largest absolute Gasteiger partial charge is 0.493 e. The lowest BCUT2D eigenvalue weighted by Gasteiger charge is -2.25. The number of ether oxygens (including phenoxy) is 3. The van der Waals surface area contributed by atoms with Gasteiger partial charge in [0.2, 0.25) is 11.6 Å². The van der Waals surface area contributed by atoms with Gasteiger partial charge >= 0.3 is 6.11 Å². The van der Waals surface area contributed by atoms with Crippen LogP contribution in [0.3, 0.4) is 0 Å². The Bertz CT molecular complexity index is 1010. The average molecular weight is 460 g/mol. The molecule has 174 valence electrons. The van der Waals surface area contributed by atoms with Gasteiger partial charge in [-0.25, -0.2) is 8.78 Å². The van der Waals surface area contributed by atoms with Gasteiger partial charge in [0.05, 0.1) is 12.9 Å². The Kier molecular flexibility index (Phi) is 7.26. The van der Waals surface area contributed by atoms with Crippen LogP contribution in [0.2, 0.25) is 0 Å². The van der Waals surface area contributed by atoms with Gasteiger partial charge in [-0.3, -0.25) is 0 Å². The number of alkyl halides is 2. The number of hydrogen-bond donors (Lipinski definition) is 0. The van der Waals surface area contributed by atoms with Gasteiger partial charge in [-0.1, -0.05) is 19.4 Å². The standard InChI is InChI=1S/C23H22F6O3/c1-3-5-13-6-9-16(31-12-13)14-7-8-15(20(25)19(14)24)23(28,29)32-18-11-10-17(30-4-2)21(26)22(18)27/h7-8,10-12,16H,3-6,9H2,1-2H3. The van der Waals surface area contributed by atoms with E-state index < -0.39 is 52.5 Å². The van der Waals surface area contributed by atoms with Gasteiger partial charge in [-0.05, 0) is 50.0 Å². The van der Waals surface area contributed by atoms with Gasteiger partial charge in [0.25, 0.3) is 0 Å². The van der Waals surface area contributed by atoms with E-state index in [1.807, 2.05) is 6.92 Å². The summed E-state index contributed by atoms with van der Waals surface area (Å²) >= 11 is 0. The van der Waals surface area contributed by atoms with Crippen molar-refractivity contribution >= 4 is 0 Å². The van der Waals surface area contributed by atoms with Crippen LogP contribution in [-0.2, 0) is 10.8 Å². The van der Waals surface area contributed by atoms with Gasteiger partial charge in [0.15, 0.2) is 23.1 Å². The summed E-state index contributed by atoms with van der Waals surface area (Å²) in [6.07, 6.45) is -1.12. The Morgan fingerprint density at radius 3 is 2.25 bits per heavy atom. The lowest BCUT2D eigenvalue weighted by Crippen LogP contribution is -2.25. The van der Waals surface area contributed by atoms with E-state index in [9.17, 15) is 26.3 Å². The van der Waals surface area contributed by atoms with E-state index in [0.29, 0.717) is 18.9 Å². The first-order chi connectivity index (χ1) is 15.2. The van der Waals surface area contributed by atoms with Gasteiger partial charge in [0.1, 0.15) is 11.7 Å². The topological polar surface area (TPSA) is 27.7 Å². The maximum Gasteiger partial charge on any atom is 0.429 e. The van der Waals surface area contributed by atoms with Crippen LogP contribution in [0.4, 0.5) is 26.3 Å². The Balaban J connectivity index is 1.85. The molecule has 3 nitrogen and oxygen atoms in total. The van der Waals surface area contributed by atoms with Crippen molar-refractivity contribution in [2.75, 3.05) is 6.61 Å². The highest BCUT2D eigenvalue weighted by atomic mass is 19.3. The molecule has 0 amide bonds. The highest BCUT2D eigenvalue weighted by Gasteiger charge is 2.41. The molecule has 1 aliphatic heterocycles. The molecule has 0 aliphatic carbocycles. The summed E-state index contributed by atoms with van der Waals surface area (Å²) in [5.74, 6) is -8.31. The summed E-state index contributed by atoms with van der Waals surface area (Å²) in [5.41, 5.74) is -0.636. The van der Waals surface area contributed by atoms with Crippen molar-refractivity contribution in [3.8, 4) is 11.5 Å². The van der Waals surface area contributed by atoms with Crippen molar-refractivity contribution in [2.24, 2.45) is 0 Å². The molecular weight excluding hydrogens is 438 g/mol. The van der Waals surface area contributed by atoms with Crippen LogP contribution in [0, 0.1) is 23.3 Å². The highest BCUT2D eigenvalue weighted by Crippen LogP contribution is 2.39. The Morgan fingerprint density at radius 2 is 1.62 bits per heavy atom. The highest BCUT2D eigenvalue weighted by molar-refractivity contribution is 5.36. The molecule has 3 rings (SSSR count). The predicted molar refractivity (Wildman–Crippen MR) is 104 cm³/mol. The lowest BCUT2D eigenvalue weighted by atomic mass is 9.96. The maximum atomic E-state index is 14.6. The fourth-order valence-corrected chi connectivity index (χ4v) is 3.45. The first kappa shape index (κ1) is 23.8. The summed E-state index contributed by atoms with van der Waals surface area (Å²) in [4.78, 5) is 0. The summed E-state index contributed by atoms with van der Waals surface area (Å²) < 4.78 is 101. The summed E-state index contributed by atoms with van der Waals surface area (Å²) in [6.45, 7) is 3.54.